The number of carbonyl (C=O) groups is 6. The van der Waals surface area contributed by atoms with E-state index in [1.165, 1.54) is 25.3 Å². The number of carboxylic acid groups (broad SMARTS) is 4. The largest absolute Gasteiger partial charge is 0.631 e. The second-order valence-electron chi connectivity index (χ2n) is 8.88. The second kappa shape index (κ2) is 20.4. The van der Waals surface area contributed by atoms with Gasteiger partial charge in [0, 0.05) is 12.1 Å². The number of rotatable bonds is 13. The number of aliphatic carboxylic acids is 4. The molecular weight excluding hydrogens is 626 g/mol. The minimum atomic E-state index is -2.74. The van der Waals surface area contributed by atoms with E-state index in [1.54, 1.807) is 0 Å². The van der Waals surface area contributed by atoms with Crippen LogP contribution in [0.2, 0.25) is 10.0 Å². The molecule has 0 aliphatic rings. The molecule has 1 aromatic carbocycles. The molecule has 0 bridgehead atoms. The number of hydrogen-bond acceptors (Lipinski definition) is 11. The van der Waals surface area contributed by atoms with Crippen LogP contribution in [0.1, 0.15) is 49.9 Å². The van der Waals surface area contributed by atoms with Gasteiger partial charge < -0.3 is 45.3 Å². The van der Waals surface area contributed by atoms with E-state index < -0.39 is 67.5 Å². The molecular formula is C23H33BCl2N2O15. The zero-order chi connectivity index (χ0) is 34.1. The van der Waals surface area contributed by atoms with Crippen molar-refractivity contribution in [3.8, 4) is 0 Å². The summed E-state index contributed by atoms with van der Waals surface area (Å²) in [6.45, 7) is 3.77. The van der Waals surface area contributed by atoms with E-state index in [-0.39, 0.29) is 41.0 Å². The molecule has 9 N–H and O–H groups in total. The fourth-order valence-electron chi connectivity index (χ4n) is 2.92. The summed E-state index contributed by atoms with van der Waals surface area (Å²) in [5, 5.41) is 66.1. The number of halogens is 2. The quantitative estimate of drug-likeness (QED) is 0.0971. The molecule has 1 atom stereocenters. The third-order valence-corrected chi connectivity index (χ3v) is 5.30. The van der Waals surface area contributed by atoms with Crippen LogP contribution in [0.4, 0.5) is 0 Å². The average Bonchev–Trinajstić information content (AvgIpc) is 2.84. The van der Waals surface area contributed by atoms with Gasteiger partial charge in [0.05, 0.1) is 36.5 Å². The van der Waals surface area contributed by atoms with Gasteiger partial charge in [0.15, 0.2) is 11.6 Å². The van der Waals surface area contributed by atoms with Crippen molar-refractivity contribution in [3.63, 3.8) is 0 Å². The highest BCUT2D eigenvalue weighted by atomic mass is 35.5. The third-order valence-electron chi connectivity index (χ3n) is 4.73. The van der Waals surface area contributed by atoms with E-state index in [9.17, 15) is 33.9 Å². The lowest BCUT2D eigenvalue weighted by atomic mass is 9.96. The lowest BCUT2D eigenvalue weighted by Crippen LogP contribution is -2.55. The van der Waals surface area contributed by atoms with Gasteiger partial charge in [0.25, 0.3) is 5.91 Å². The van der Waals surface area contributed by atoms with Gasteiger partial charge in [-0.1, -0.05) is 37.0 Å². The lowest BCUT2D eigenvalue weighted by molar-refractivity contribution is -0.170. The number of hydrogen-bond donors (Lipinski definition) is 9. The molecule has 1 aromatic rings. The average molecular weight is 659 g/mol. The van der Waals surface area contributed by atoms with Crippen molar-refractivity contribution in [1.29, 1.82) is 0 Å². The molecule has 0 saturated heterocycles. The summed E-state index contributed by atoms with van der Waals surface area (Å²) >= 11 is 12.0. The molecule has 0 unspecified atom stereocenters. The number of hydrazine groups is 1. The van der Waals surface area contributed by atoms with Crippen molar-refractivity contribution in [3.05, 3.63) is 33.8 Å². The van der Waals surface area contributed by atoms with Gasteiger partial charge in [-0.3, -0.25) is 24.6 Å². The van der Waals surface area contributed by atoms with Crippen molar-refractivity contribution >= 4 is 66.2 Å². The minimum absolute atomic E-state index is 0.00112. The zero-order valence-electron chi connectivity index (χ0n) is 23.1. The number of nitrogens with zero attached hydrogens (tertiary/aromatic N) is 1. The van der Waals surface area contributed by atoms with E-state index in [0.29, 0.717) is 0 Å². The van der Waals surface area contributed by atoms with Crippen molar-refractivity contribution in [2.24, 2.45) is 5.92 Å². The molecule has 20 heteroatoms. The van der Waals surface area contributed by atoms with Gasteiger partial charge in [-0.05, 0) is 30.5 Å². The number of carboxylic acids is 4. The fourth-order valence-corrected chi connectivity index (χ4v) is 3.29. The minimum Gasteiger partial charge on any atom is -0.481 e. The Labute approximate surface area is 255 Å². The van der Waals surface area contributed by atoms with Crippen LogP contribution in [-0.2, 0) is 28.7 Å². The number of carbonyl (C=O) groups excluding carboxylic acids is 2. The van der Waals surface area contributed by atoms with E-state index in [0.717, 1.165) is 5.01 Å². The molecule has 0 radical (unpaired) electrons. The summed E-state index contributed by atoms with van der Waals surface area (Å²) in [7, 11) is -0.735. The second-order valence-corrected chi connectivity index (χ2v) is 9.73. The normalized spacial score (nSPS) is 11.1. The van der Waals surface area contributed by atoms with Crippen LogP contribution in [0.25, 0.3) is 0 Å². The molecule has 0 saturated carbocycles. The van der Waals surface area contributed by atoms with Crippen LogP contribution in [0.15, 0.2) is 18.2 Å². The molecule has 2 amide bonds. The van der Waals surface area contributed by atoms with Crippen LogP contribution in [0.5, 0.6) is 0 Å². The molecule has 0 heterocycles. The van der Waals surface area contributed by atoms with Gasteiger partial charge in [-0.25, -0.2) is 14.6 Å². The van der Waals surface area contributed by atoms with Gasteiger partial charge in [0.1, 0.15) is 0 Å². The maximum atomic E-state index is 12.9. The predicted octanol–water partition coefficient (Wildman–Crippen LogP) is -0.298. The summed E-state index contributed by atoms with van der Waals surface area (Å²) in [5.74, 6) is -7.59. The van der Waals surface area contributed by atoms with E-state index in [2.05, 4.69) is 5.43 Å². The number of methoxy groups -OCH3 is 1. The Morgan fingerprint density at radius 3 is 1.84 bits per heavy atom. The van der Waals surface area contributed by atoms with Gasteiger partial charge >= 0.3 is 31.2 Å². The summed E-state index contributed by atoms with van der Waals surface area (Å²) in [6.07, 6.45) is -2.18. The zero-order valence-corrected chi connectivity index (χ0v) is 24.7. The highest BCUT2D eigenvalue weighted by molar-refractivity contribution is 6.35. The highest BCUT2D eigenvalue weighted by Crippen LogP contribution is 2.24. The Morgan fingerprint density at radius 2 is 1.47 bits per heavy atom. The molecule has 242 valence electrons. The summed E-state index contributed by atoms with van der Waals surface area (Å²) in [5.41, 5.74) is -0.371. The molecule has 0 fully saturated rings. The number of nitrogens with one attached hydrogen (secondary N) is 1. The first-order valence-electron chi connectivity index (χ1n) is 11.9. The van der Waals surface area contributed by atoms with Crippen molar-refractivity contribution < 1.29 is 74.1 Å². The Morgan fingerprint density at radius 1 is 0.977 bits per heavy atom. The smallest absolute Gasteiger partial charge is 0.481 e. The van der Waals surface area contributed by atoms with Crippen LogP contribution < -0.4 is 5.43 Å². The van der Waals surface area contributed by atoms with Gasteiger partial charge in [-0.2, -0.15) is 0 Å². The van der Waals surface area contributed by atoms with Crippen molar-refractivity contribution in [2.75, 3.05) is 13.7 Å². The first-order chi connectivity index (χ1) is 19.7. The fraction of sp³-hybridized carbons (Fsp3) is 0.478. The molecule has 0 aliphatic carbocycles. The van der Waals surface area contributed by atoms with E-state index in [4.69, 9.17) is 63.4 Å². The summed E-state index contributed by atoms with van der Waals surface area (Å²) in [6, 6.07) is 3.00. The maximum Gasteiger partial charge on any atom is 0.631 e. The third kappa shape index (κ3) is 17.9. The van der Waals surface area contributed by atoms with E-state index in [1.807, 2.05) is 13.8 Å². The maximum absolute atomic E-state index is 12.9. The molecule has 17 nitrogen and oxygen atoms in total. The monoisotopic (exact) mass is 658 g/mol. The SMILES string of the molecule is COCCC(=O)NN(C(=O)c1cc(Cl)ccc1Cl)[C@@H](CC(C)C)C(=O)O.O=C(O)CC(O)(CC(=O)O)C(=O)O.OB(O)O. The topological polar surface area (TPSA) is 289 Å². The molecule has 1 rings (SSSR count). The Balaban J connectivity index is 0. The van der Waals surface area contributed by atoms with Crippen LogP contribution in [0.3, 0.4) is 0 Å². The first-order valence-corrected chi connectivity index (χ1v) is 12.7. The Hall–Kier alpha value is -3.52. The van der Waals surface area contributed by atoms with Crippen LogP contribution >= 0.6 is 23.2 Å². The van der Waals surface area contributed by atoms with Gasteiger partial charge in [0.2, 0.25) is 5.91 Å². The Bertz CT molecular complexity index is 1100. The predicted molar refractivity (Wildman–Crippen MR) is 148 cm³/mol. The lowest BCUT2D eigenvalue weighted by Gasteiger charge is -2.30. The standard InChI is InChI=1S/C17H22Cl2N2O5.C6H8O7.BH3O3/c1-10(2)8-14(17(24)25)21(20-15(22)6-7-26-3)16(23)12-9-11(18)4-5-13(12)19;7-3(8)1-6(13,5(11)12)2-4(9)10;2-1(3)4/h4-5,9-10,14H,6-8H2,1-3H3,(H,20,22)(H,24,25);13H,1-2H2,(H,7,8)(H,9,10)(H,11,12);2-4H/t14-;;/m0../s1. The van der Waals surface area contributed by atoms with Gasteiger partial charge in [-0.15, -0.1) is 0 Å². The van der Waals surface area contributed by atoms with Crippen molar-refractivity contribution in [1.82, 2.24) is 10.4 Å². The molecule has 0 aromatic heterocycles. The van der Waals surface area contributed by atoms with Crippen LogP contribution in [0, 0.1) is 5.92 Å². The molecule has 0 spiro atoms. The molecule has 43 heavy (non-hydrogen) atoms. The summed E-state index contributed by atoms with van der Waals surface area (Å²) in [4.78, 5) is 67.2. The number of ether oxygens (including phenoxy) is 1. The summed E-state index contributed by atoms with van der Waals surface area (Å²) < 4.78 is 4.83. The van der Waals surface area contributed by atoms with E-state index >= 15 is 0 Å². The number of amides is 2. The number of aliphatic hydroxyl groups is 1. The van der Waals surface area contributed by atoms with Crippen LogP contribution in [-0.4, -0.2) is 114 Å². The molecule has 0 aliphatic heterocycles. The first kappa shape index (κ1) is 41.6. The Kier molecular flexibility index (Phi) is 19.7. The van der Waals surface area contributed by atoms with Crippen molar-refractivity contribution in [2.45, 2.75) is 51.2 Å². The number of benzene rings is 1. The highest BCUT2D eigenvalue weighted by Gasteiger charge is 2.40.